The number of likely N-dealkylation sites (N-methyl/N-ethyl adjacent to an activating group) is 1. The van der Waals surface area contributed by atoms with Crippen molar-refractivity contribution in [3.05, 3.63) is 69.0 Å². The lowest BCUT2D eigenvalue weighted by atomic mass is 10.1. The fourth-order valence-corrected chi connectivity index (χ4v) is 4.67. The summed E-state index contributed by atoms with van der Waals surface area (Å²) in [4.78, 5) is 16.2. The molecule has 1 amide bonds. The Bertz CT molecular complexity index is 1030. The quantitative estimate of drug-likeness (QED) is 0.545. The van der Waals surface area contributed by atoms with Crippen LogP contribution in [0.25, 0.3) is 10.4 Å². The average Bonchev–Trinajstić information content (AvgIpc) is 3.02. The van der Waals surface area contributed by atoms with Gasteiger partial charge in [-0.3, -0.25) is 4.79 Å². The third-order valence-electron chi connectivity index (χ3n) is 4.57. The van der Waals surface area contributed by atoms with E-state index in [1.54, 1.807) is 0 Å². The number of thiophene rings is 1. The van der Waals surface area contributed by atoms with Crippen LogP contribution in [0.1, 0.15) is 15.2 Å². The minimum Gasteiger partial charge on any atom is -0.374 e. The maximum Gasteiger partial charge on any atom is 0.265 e. The van der Waals surface area contributed by atoms with Gasteiger partial charge < -0.3 is 10.2 Å². The Morgan fingerprint density at radius 3 is 2.67 bits per heavy atom. The van der Waals surface area contributed by atoms with E-state index >= 15 is 0 Å². The number of anilines is 2. The smallest absolute Gasteiger partial charge is 0.265 e. The second kappa shape index (κ2) is 7.05. The first-order valence-corrected chi connectivity index (χ1v) is 9.94. The van der Waals surface area contributed by atoms with Crippen LogP contribution in [0, 0.1) is 11.6 Å². The van der Waals surface area contributed by atoms with Gasteiger partial charge in [-0.05, 0) is 48.4 Å². The highest BCUT2D eigenvalue weighted by atomic mass is 79.9. The first-order chi connectivity index (χ1) is 12.9. The standard InChI is InChI=1S/C20H15BrF2N2OS/c1-25-8-7-11-9-17(20(26)24-18-14(22)3-2-4-15(18)23)27-19(11)13-10-12(21)5-6-16(13)25/h2-6,9-10H,7-8H2,1H3,(H,24,26). The molecular weight excluding hydrogens is 434 g/mol. The van der Waals surface area contributed by atoms with E-state index in [-0.39, 0.29) is 0 Å². The molecule has 0 saturated heterocycles. The van der Waals surface area contributed by atoms with E-state index in [1.807, 2.05) is 31.3 Å². The van der Waals surface area contributed by atoms with E-state index in [1.165, 1.54) is 17.4 Å². The van der Waals surface area contributed by atoms with Gasteiger partial charge in [0.15, 0.2) is 0 Å². The molecule has 1 aliphatic rings. The van der Waals surface area contributed by atoms with Gasteiger partial charge in [0.05, 0.1) is 4.88 Å². The zero-order valence-electron chi connectivity index (χ0n) is 14.4. The zero-order chi connectivity index (χ0) is 19.1. The van der Waals surface area contributed by atoms with Gasteiger partial charge in [-0.2, -0.15) is 0 Å². The van der Waals surface area contributed by atoms with E-state index in [4.69, 9.17) is 0 Å². The number of fused-ring (bicyclic) bond motifs is 3. The lowest BCUT2D eigenvalue weighted by molar-refractivity contribution is 0.102. The van der Waals surface area contributed by atoms with Crippen LogP contribution >= 0.6 is 27.3 Å². The molecule has 0 bridgehead atoms. The van der Waals surface area contributed by atoms with Crippen LogP contribution < -0.4 is 10.2 Å². The predicted molar refractivity (Wildman–Crippen MR) is 109 cm³/mol. The molecule has 7 heteroatoms. The minimum atomic E-state index is -0.794. The van der Waals surface area contributed by atoms with Crippen molar-refractivity contribution in [2.45, 2.75) is 6.42 Å². The number of amides is 1. The number of hydrogen-bond acceptors (Lipinski definition) is 3. The molecule has 0 unspecified atom stereocenters. The van der Waals surface area contributed by atoms with E-state index < -0.39 is 23.2 Å². The van der Waals surface area contributed by atoms with Crippen molar-refractivity contribution in [2.24, 2.45) is 0 Å². The molecule has 27 heavy (non-hydrogen) atoms. The number of benzene rings is 2. The van der Waals surface area contributed by atoms with Crippen LogP contribution in [0.2, 0.25) is 0 Å². The molecule has 0 saturated carbocycles. The van der Waals surface area contributed by atoms with Crippen LogP contribution in [-0.2, 0) is 6.42 Å². The summed E-state index contributed by atoms with van der Waals surface area (Å²) in [6.45, 7) is 0.821. The summed E-state index contributed by atoms with van der Waals surface area (Å²) in [5.41, 5.74) is 2.77. The summed E-state index contributed by atoms with van der Waals surface area (Å²) in [6, 6.07) is 11.4. The number of para-hydroxylation sites is 1. The van der Waals surface area contributed by atoms with Gasteiger partial charge in [-0.25, -0.2) is 8.78 Å². The highest BCUT2D eigenvalue weighted by molar-refractivity contribution is 9.10. The predicted octanol–water partition coefficient (Wildman–Crippen LogP) is 5.70. The number of carbonyl (C=O) groups excluding carboxylic acids is 1. The molecule has 0 spiro atoms. The van der Waals surface area contributed by atoms with Crippen molar-refractivity contribution < 1.29 is 13.6 Å². The summed E-state index contributed by atoms with van der Waals surface area (Å²) in [6.07, 6.45) is 0.788. The van der Waals surface area contributed by atoms with E-state index in [0.717, 1.165) is 51.3 Å². The molecule has 138 valence electrons. The fourth-order valence-electron chi connectivity index (χ4n) is 3.18. The normalized spacial score (nSPS) is 13.0. The second-order valence-corrected chi connectivity index (χ2v) is 8.32. The maximum absolute atomic E-state index is 13.8. The van der Waals surface area contributed by atoms with Gasteiger partial charge in [-0.1, -0.05) is 22.0 Å². The highest BCUT2D eigenvalue weighted by Crippen LogP contribution is 2.42. The lowest BCUT2D eigenvalue weighted by Gasteiger charge is -2.19. The number of nitrogens with zero attached hydrogens (tertiary/aromatic N) is 1. The van der Waals surface area contributed by atoms with Gasteiger partial charge in [0.1, 0.15) is 17.3 Å². The molecule has 3 aromatic rings. The number of halogens is 3. The summed E-state index contributed by atoms with van der Waals surface area (Å²) < 4.78 is 28.6. The summed E-state index contributed by atoms with van der Waals surface area (Å²) in [7, 11) is 2.04. The Balaban J connectivity index is 1.72. The van der Waals surface area contributed by atoms with Crippen LogP contribution in [-0.4, -0.2) is 19.5 Å². The maximum atomic E-state index is 13.8. The monoisotopic (exact) mass is 448 g/mol. The summed E-state index contributed by atoms with van der Waals surface area (Å²) in [5.74, 6) is -2.10. The first-order valence-electron chi connectivity index (χ1n) is 8.33. The summed E-state index contributed by atoms with van der Waals surface area (Å²) in [5, 5.41) is 2.37. The van der Waals surface area contributed by atoms with Crippen LogP contribution in [0.3, 0.4) is 0 Å². The van der Waals surface area contributed by atoms with Gasteiger partial charge in [0, 0.05) is 34.2 Å². The van der Waals surface area contributed by atoms with Crippen molar-refractivity contribution in [1.29, 1.82) is 0 Å². The molecule has 0 radical (unpaired) electrons. The van der Waals surface area contributed by atoms with E-state index in [0.29, 0.717) is 4.88 Å². The Labute approximate surface area is 167 Å². The number of hydrogen-bond donors (Lipinski definition) is 1. The molecule has 2 aromatic carbocycles. The SMILES string of the molecule is CN1CCc2cc(C(=O)Nc3c(F)cccc3F)sc2-c2cc(Br)ccc21. The van der Waals surface area contributed by atoms with Gasteiger partial charge in [0.2, 0.25) is 0 Å². The topological polar surface area (TPSA) is 32.3 Å². The molecule has 1 N–H and O–H groups in total. The average molecular weight is 449 g/mol. The Kier molecular flexibility index (Phi) is 4.74. The van der Waals surface area contributed by atoms with Crippen LogP contribution in [0.15, 0.2) is 46.9 Å². The van der Waals surface area contributed by atoms with Gasteiger partial charge in [0.25, 0.3) is 5.91 Å². The van der Waals surface area contributed by atoms with Crippen molar-refractivity contribution in [2.75, 3.05) is 23.8 Å². The number of nitrogens with one attached hydrogen (secondary N) is 1. The molecule has 1 aromatic heterocycles. The molecule has 2 heterocycles. The largest absolute Gasteiger partial charge is 0.374 e. The van der Waals surface area contributed by atoms with Crippen molar-refractivity contribution in [3.8, 4) is 10.4 Å². The van der Waals surface area contributed by atoms with Crippen LogP contribution in [0.5, 0.6) is 0 Å². The Morgan fingerprint density at radius 1 is 1.19 bits per heavy atom. The van der Waals surface area contributed by atoms with E-state index in [2.05, 4.69) is 26.1 Å². The molecule has 0 aliphatic carbocycles. The summed E-state index contributed by atoms with van der Waals surface area (Å²) >= 11 is 4.84. The minimum absolute atomic E-state index is 0.422. The molecular formula is C20H15BrF2N2OS. The Hall–Kier alpha value is -2.25. The van der Waals surface area contributed by atoms with Crippen LogP contribution in [0.4, 0.5) is 20.2 Å². The first kappa shape index (κ1) is 18.1. The Morgan fingerprint density at radius 2 is 1.93 bits per heavy atom. The third kappa shape index (κ3) is 3.37. The van der Waals surface area contributed by atoms with Gasteiger partial charge in [-0.15, -0.1) is 11.3 Å². The van der Waals surface area contributed by atoms with Crippen molar-refractivity contribution >= 4 is 44.5 Å². The molecule has 0 atom stereocenters. The lowest BCUT2D eigenvalue weighted by Crippen LogP contribution is -2.19. The fraction of sp³-hybridized carbons (Fsp3) is 0.150. The van der Waals surface area contributed by atoms with Crippen molar-refractivity contribution in [3.63, 3.8) is 0 Å². The second-order valence-electron chi connectivity index (χ2n) is 6.35. The third-order valence-corrected chi connectivity index (χ3v) is 6.27. The molecule has 0 fully saturated rings. The molecule has 3 nitrogen and oxygen atoms in total. The van der Waals surface area contributed by atoms with E-state index in [9.17, 15) is 13.6 Å². The number of carbonyl (C=O) groups is 1. The van der Waals surface area contributed by atoms with Gasteiger partial charge >= 0.3 is 0 Å². The zero-order valence-corrected chi connectivity index (χ0v) is 16.8. The molecule has 1 aliphatic heterocycles. The molecule has 4 rings (SSSR count). The van der Waals surface area contributed by atoms with Crippen molar-refractivity contribution in [1.82, 2.24) is 0 Å². The number of rotatable bonds is 2. The highest BCUT2D eigenvalue weighted by Gasteiger charge is 2.23.